The van der Waals surface area contributed by atoms with Crippen LogP contribution in [-0.2, 0) is 9.09 Å². The molecule has 0 saturated carbocycles. The maximum absolute atomic E-state index is 12.1. The van der Waals surface area contributed by atoms with E-state index < -0.39 is 7.52 Å². The Morgan fingerprint density at radius 2 is 1.88 bits per heavy atom. The van der Waals surface area contributed by atoms with Gasteiger partial charge in [-0.2, -0.15) is 0 Å². The minimum Gasteiger partial charge on any atom is -0.315 e. The highest BCUT2D eigenvalue weighted by atomic mass is 31.2. The molecule has 0 aromatic heterocycles. The Kier molecular flexibility index (Phi) is 4.03. The maximum atomic E-state index is 12.1. The third-order valence-corrected chi connectivity index (χ3v) is 4.25. The van der Waals surface area contributed by atoms with Crippen molar-refractivity contribution in [1.82, 2.24) is 0 Å². The van der Waals surface area contributed by atoms with Gasteiger partial charge in [0, 0.05) is 5.56 Å². The van der Waals surface area contributed by atoms with Gasteiger partial charge in [-0.1, -0.05) is 0 Å². The van der Waals surface area contributed by atoms with Crippen molar-refractivity contribution in [2.75, 3.05) is 6.61 Å². The number of hydrogen-bond acceptors (Lipinski definition) is 3. The average Bonchev–Trinajstić information content (AvgIpc) is 2.15. The molecule has 1 rings (SSSR count). The summed E-state index contributed by atoms with van der Waals surface area (Å²) in [5, 5.41) is 0.514. The number of nitrogens with two attached hydrogens (primary N) is 1. The summed E-state index contributed by atoms with van der Waals surface area (Å²) in [5.74, 6) is 0. The summed E-state index contributed by atoms with van der Waals surface area (Å²) in [4.78, 5) is 10.7. The van der Waals surface area contributed by atoms with Crippen molar-refractivity contribution in [2.45, 2.75) is 20.8 Å². The first kappa shape index (κ1) is 13.1. The second-order valence-electron chi connectivity index (χ2n) is 3.64. The van der Waals surface area contributed by atoms with Crippen LogP contribution in [0.3, 0.4) is 0 Å². The van der Waals surface area contributed by atoms with Crippen LogP contribution in [0.1, 0.15) is 28.4 Å². The van der Waals surface area contributed by atoms with Gasteiger partial charge in [0.2, 0.25) is 0 Å². The SMILES string of the molecule is CCO[P@@](N)(=O)c1c(C)cc(C=O)cc1C. The number of aldehydes is 1. The minimum atomic E-state index is -3.27. The second kappa shape index (κ2) is 4.91. The average molecular weight is 241 g/mol. The van der Waals surface area contributed by atoms with Crippen LogP contribution in [0.4, 0.5) is 0 Å². The van der Waals surface area contributed by atoms with Crippen molar-refractivity contribution < 1.29 is 13.9 Å². The summed E-state index contributed by atoms with van der Waals surface area (Å²) in [6.45, 7) is 5.58. The largest absolute Gasteiger partial charge is 0.315 e. The molecule has 16 heavy (non-hydrogen) atoms. The summed E-state index contributed by atoms with van der Waals surface area (Å²) in [6.07, 6.45) is 0.756. The first-order valence-electron chi connectivity index (χ1n) is 5.02. The molecule has 0 spiro atoms. The van der Waals surface area contributed by atoms with Crippen molar-refractivity contribution in [3.8, 4) is 0 Å². The predicted molar refractivity (Wildman–Crippen MR) is 64.4 cm³/mol. The Morgan fingerprint density at radius 3 is 2.25 bits per heavy atom. The molecule has 0 aliphatic heterocycles. The van der Waals surface area contributed by atoms with Gasteiger partial charge >= 0.3 is 0 Å². The summed E-state index contributed by atoms with van der Waals surface area (Å²) < 4.78 is 17.2. The van der Waals surface area contributed by atoms with E-state index in [1.165, 1.54) is 0 Å². The topological polar surface area (TPSA) is 69.4 Å². The molecule has 88 valence electrons. The number of aryl methyl sites for hydroxylation is 2. The van der Waals surface area contributed by atoms with Crippen molar-refractivity contribution in [3.05, 3.63) is 28.8 Å². The third kappa shape index (κ3) is 2.59. The Bertz CT molecular complexity index is 434. The van der Waals surface area contributed by atoms with E-state index in [-0.39, 0.29) is 0 Å². The summed E-state index contributed by atoms with van der Waals surface area (Å²) >= 11 is 0. The van der Waals surface area contributed by atoms with Gasteiger partial charge in [0.05, 0.1) is 11.9 Å². The van der Waals surface area contributed by atoms with Crippen LogP contribution in [0.25, 0.3) is 0 Å². The van der Waals surface area contributed by atoms with Crippen LogP contribution in [0, 0.1) is 13.8 Å². The fourth-order valence-electron chi connectivity index (χ4n) is 1.81. The number of carbonyl (C=O) groups excluding carboxylic acids is 1. The molecule has 0 radical (unpaired) electrons. The van der Waals surface area contributed by atoms with Gasteiger partial charge in [0.25, 0.3) is 7.52 Å². The van der Waals surface area contributed by atoms with E-state index in [2.05, 4.69) is 0 Å². The maximum Gasteiger partial charge on any atom is 0.297 e. The first-order chi connectivity index (χ1) is 7.42. The van der Waals surface area contributed by atoms with E-state index in [4.69, 9.17) is 10.0 Å². The lowest BCUT2D eigenvalue weighted by Crippen LogP contribution is -2.20. The molecule has 0 unspecified atom stereocenters. The van der Waals surface area contributed by atoms with Crippen LogP contribution in [0.5, 0.6) is 0 Å². The molecule has 2 N–H and O–H groups in total. The molecule has 5 heteroatoms. The van der Waals surface area contributed by atoms with Crippen molar-refractivity contribution >= 4 is 19.1 Å². The molecule has 1 aromatic carbocycles. The number of rotatable bonds is 4. The van der Waals surface area contributed by atoms with Gasteiger partial charge in [-0.15, -0.1) is 0 Å². The zero-order valence-electron chi connectivity index (χ0n) is 9.69. The zero-order chi connectivity index (χ0) is 12.3. The molecule has 0 aliphatic rings. The van der Waals surface area contributed by atoms with E-state index in [0.29, 0.717) is 17.5 Å². The summed E-state index contributed by atoms with van der Waals surface area (Å²) in [6, 6.07) is 3.32. The Hall–Kier alpha value is -0.960. The Labute approximate surface area is 95.3 Å². The van der Waals surface area contributed by atoms with Crippen LogP contribution in [0.15, 0.2) is 12.1 Å². The summed E-state index contributed by atoms with van der Waals surface area (Å²) in [5.41, 5.74) is 7.68. The fourth-order valence-corrected chi connectivity index (χ4v) is 3.43. The third-order valence-electron chi connectivity index (χ3n) is 2.28. The lowest BCUT2D eigenvalue weighted by molar-refractivity contribution is 0.112. The van der Waals surface area contributed by atoms with Gasteiger partial charge in [0.15, 0.2) is 0 Å². The first-order valence-corrected chi connectivity index (χ1v) is 6.72. The van der Waals surface area contributed by atoms with E-state index >= 15 is 0 Å². The summed E-state index contributed by atoms with van der Waals surface area (Å²) in [7, 11) is -3.27. The van der Waals surface area contributed by atoms with Crippen molar-refractivity contribution in [1.29, 1.82) is 0 Å². The molecule has 0 amide bonds. The van der Waals surface area contributed by atoms with Gasteiger partial charge in [0.1, 0.15) is 6.29 Å². The quantitative estimate of drug-likeness (QED) is 0.646. The molecule has 1 aromatic rings. The molecule has 1 atom stereocenters. The van der Waals surface area contributed by atoms with Gasteiger partial charge in [-0.3, -0.25) is 14.9 Å². The van der Waals surface area contributed by atoms with Gasteiger partial charge in [-0.25, -0.2) is 0 Å². The normalized spacial score (nSPS) is 14.5. The second-order valence-corrected chi connectivity index (χ2v) is 5.54. The van der Waals surface area contributed by atoms with Crippen molar-refractivity contribution in [2.24, 2.45) is 5.50 Å². The van der Waals surface area contributed by atoms with E-state index in [0.717, 1.165) is 17.4 Å². The highest BCUT2D eigenvalue weighted by Crippen LogP contribution is 2.38. The number of benzene rings is 1. The highest BCUT2D eigenvalue weighted by Gasteiger charge is 2.24. The van der Waals surface area contributed by atoms with E-state index in [9.17, 15) is 9.36 Å². The smallest absolute Gasteiger partial charge is 0.297 e. The highest BCUT2D eigenvalue weighted by molar-refractivity contribution is 7.64. The molecular formula is C11H16NO3P. The molecule has 0 bridgehead atoms. The molecule has 0 fully saturated rings. The lowest BCUT2D eigenvalue weighted by Gasteiger charge is -2.17. The molecular weight excluding hydrogens is 225 g/mol. The van der Waals surface area contributed by atoms with Gasteiger partial charge in [-0.05, 0) is 44.0 Å². The van der Waals surface area contributed by atoms with E-state index in [1.54, 1.807) is 32.9 Å². The fraction of sp³-hybridized carbons (Fsp3) is 0.364. The molecule has 0 saturated heterocycles. The minimum absolute atomic E-state index is 0.294. The Morgan fingerprint density at radius 1 is 1.38 bits per heavy atom. The molecule has 0 aliphatic carbocycles. The van der Waals surface area contributed by atoms with Crippen LogP contribution >= 0.6 is 7.52 Å². The van der Waals surface area contributed by atoms with Gasteiger partial charge < -0.3 is 4.52 Å². The number of hydrogen-bond donors (Lipinski definition) is 1. The lowest BCUT2D eigenvalue weighted by atomic mass is 10.1. The van der Waals surface area contributed by atoms with E-state index in [1.807, 2.05) is 0 Å². The monoisotopic (exact) mass is 241 g/mol. The number of carbonyl (C=O) groups is 1. The standard InChI is InChI=1S/C11H16NO3P/c1-4-15-16(12,14)11-8(2)5-10(7-13)6-9(11)3/h5-7H,4H2,1-3H3,(H2,12,14)/t16-/m0/s1. The van der Waals surface area contributed by atoms with Crippen molar-refractivity contribution in [3.63, 3.8) is 0 Å². The van der Waals surface area contributed by atoms with Crippen LogP contribution in [0.2, 0.25) is 0 Å². The molecule has 4 nitrogen and oxygen atoms in total. The zero-order valence-corrected chi connectivity index (χ0v) is 10.6. The van der Waals surface area contributed by atoms with Crippen LogP contribution < -0.4 is 10.8 Å². The molecule has 0 heterocycles. The van der Waals surface area contributed by atoms with Crippen LogP contribution in [-0.4, -0.2) is 12.9 Å². The predicted octanol–water partition coefficient (Wildman–Crippen LogP) is 1.93. The Balaban J connectivity index is 3.35.